The van der Waals surface area contributed by atoms with Gasteiger partial charge in [0.1, 0.15) is 11.5 Å². The molecule has 1 aromatic rings. The van der Waals surface area contributed by atoms with Crippen molar-refractivity contribution >= 4 is 5.57 Å². The van der Waals surface area contributed by atoms with Crippen molar-refractivity contribution in [3.63, 3.8) is 0 Å². The van der Waals surface area contributed by atoms with Gasteiger partial charge in [0.05, 0.1) is 0 Å². The molecule has 0 aromatic heterocycles. The van der Waals surface area contributed by atoms with E-state index in [-0.39, 0.29) is 11.5 Å². The quantitative estimate of drug-likeness (QED) is 0.756. The zero-order valence-corrected chi connectivity index (χ0v) is 10.3. The number of hydrogen-bond donors (Lipinski definition) is 2. The predicted molar refractivity (Wildman–Crippen MR) is 74.2 cm³/mol. The van der Waals surface area contributed by atoms with Crippen LogP contribution >= 0.6 is 0 Å². The van der Waals surface area contributed by atoms with Crippen LogP contribution in [0, 0.1) is 0 Å². The van der Waals surface area contributed by atoms with Gasteiger partial charge in [-0.25, -0.2) is 0 Å². The number of hydrogen-bond acceptors (Lipinski definition) is 2. The maximum atomic E-state index is 10.0. The molecule has 2 rings (SSSR count). The van der Waals surface area contributed by atoms with Crippen molar-refractivity contribution in [2.45, 2.75) is 13.3 Å². The molecule has 0 heterocycles. The summed E-state index contributed by atoms with van der Waals surface area (Å²) in [5, 5.41) is 19.3. The van der Waals surface area contributed by atoms with Crippen molar-refractivity contribution in [3.05, 3.63) is 77.3 Å². The molecule has 0 amide bonds. The van der Waals surface area contributed by atoms with Gasteiger partial charge < -0.3 is 10.2 Å². The van der Waals surface area contributed by atoms with Crippen LogP contribution in [0.25, 0.3) is 5.57 Å². The van der Waals surface area contributed by atoms with Crippen molar-refractivity contribution in [1.29, 1.82) is 0 Å². The van der Waals surface area contributed by atoms with Gasteiger partial charge in [-0.1, -0.05) is 36.4 Å². The minimum Gasteiger partial charge on any atom is -0.508 e. The molecule has 0 saturated carbocycles. The van der Waals surface area contributed by atoms with E-state index in [0.29, 0.717) is 6.42 Å². The smallest absolute Gasteiger partial charge is 0.119 e. The molecule has 2 nitrogen and oxygen atoms in total. The molecule has 0 radical (unpaired) electrons. The van der Waals surface area contributed by atoms with Gasteiger partial charge in [-0.05, 0) is 48.3 Å². The molecule has 0 unspecified atom stereocenters. The van der Waals surface area contributed by atoms with Gasteiger partial charge in [0.25, 0.3) is 0 Å². The van der Waals surface area contributed by atoms with Crippen LogP contribution in [0.2, 0.25) is 0 Å². The highest BCUT2D eigenvalue weighted by molar-refractivity contribution is 5.66. The van der Waals surface area contributed by atoms with E-state index in [1.807, 2.05) is 37.3 Å². The minimum atomic E-state index is 0.246. The topological polar surface area (TPSA) is 40.5 Å². The molecule has 92 valence electrons. The molecule has 2 N–H and O–H groups in total. The molecular formula is C16H16O2. The Morgan fingerprint density at radius 1 is 1.17 bits per heavy atom. The summed E-state index contributed by atoms with van der Waals surface area (Å²) < 4.78 is 0. The Hall–Kier alpha value is -2.22. The molecule has 1 aliphatic rings. The lowest BCUT2D eigenvalue weighted by molar-refractivity contribution is 0.419. The fourth-order valence-corrected chi connectivity index (χ4v) is 1.81. The highest BCUT2D eigenvalue weighted by atomic mass is 16.3. The van der Waals surface area contributed by atoms with E-state index in [1.54, 1.807) is 24.3 Å². The lowest BCUT2D eigenvalue weighted by atomic mass is 10.0. The molecule has 2 heteroatoms. The molecule has 0 saturated heterocycles. The first kappa shape index (κ1) is 12.2. The van der Waals surface area contributed by atoms with Crippen LogP contribution in [-0.4, -0.2) is 10.2 Å². The van der Waals surface area contributed by atoms with Crippen LogP contribution < -0.4 is 0 Å². The van der Waals surface area contributed by atoms with Gasteiger partial charge in [0, 0.05) is 0 Å². The third-order valence-electron chi connectivity index (χ3n) is 2.90. The first-order valence-electron chi connectivity index (χ1n) is 5.90. The average Bonchev–Trinajstić information content (AvgIpc) is 2.40. The number of aliphatic hydroxyl groups excluding tert-OH is 2. The van der Waals surface area contributed by atoms with Crippen molar-refractivity contribution in [2.24, 2.45) is 0 Å². The maximum absolute atomic E-state index is 10.0. The van der Waals surface area contributed by atoms with E-state index < -0.39 is 0 Å². The Bertz CT molecular complexity index is 546. The normalized spacial score (nSPS) is 18.5. The highest BCUT2D eigenvalue weighted by Gasteiger charge is 2.05. The van der Waals surface area contributed by atoms with Gasteiger partial charge in [-0.2, -0.15) is 0 Å². The van der Waals surface area contributed by atoms with Crippen LogP contribution in [0.3, 0.4) is 0 Å². The number of aliphatic hydroxyl groups is 2. The Morgan fingerprint density at radius 2 is 1.89 bits per heavy atom. The van der Waals surface area contributed by atoms with Crippen LogP contribution in [0.1, 0.15) is 18.9 Å². The summed E-state index contributed by atoms with van der Waals surface area (Å²) in [5.74, 6) is 0.492. The minimum absolute atomic E-state index is 0.246. The molecule has 0 spiro atoms. The second-order valence-electron chi connectivity index (χ2n) is 4.27. The monoisotopic (exact) mass is 240 g/mol. The lowest BCUT2D eigenvalue weighted by Gasteiger charge is -2.07. The standard InChI is InChI=1S/C16H16O2/c1-12(13-5-3-2-4-6-13)11-16(18)14-7-9-15(17)10-8-14/h2-7,9-11,17-18H,8H2,1H3/b12-11+,16-14+. The second kappa shape index (κ2) is 5.41. The molecule has 18 heavy (non-hydrogen) atoms. The van der Waals surface area contributed by atoms with E-state index in [4.69, 9.17) is 0 Å². The van der Waals surface area contributed by atoms with Crippen molar-refractivity contribution < 1.29 is 10.2 Å². The first-order chi connectivity index (χ1) is 8.66. The van der Waals surface area contributed by atoms with Crippen molar-refractivity contribution in [2.75, 3.05) is 0 Å². The molecule has 0 bridgehead atoms. The molecule has 0 aliphatic heterocycles. The number of allylic oxidation sites excluding steroid dienone is 6. The third kappa shape index (κ3) is 2.92. The van der Waals surface area contributed by atoms with Crippen LogP contribution in [0.4, 0.5) is 0 Å². The van der Waals surface area contributed by atoms with Crippen molar-refractivity contribution in [3.8, 4) is 0 Å². The maximum Gasteiger partial charge on any atom is 0.119 e. The zero-order valence-electron chi connectivity index (χ0n) is 10.3. The second-order valence-corrected chi connectivity index (χ2v) is 4.27. The fourth-order valence-electron chi connectivity index (χ4n) is 1.81. The summed E-state index contributed by atoms with van der Waals surface area (Å²) in [6.07, 6.45) is 7.30. The van der Waals surface area contributed by atoms with Crippen LogP contribution in [0.15, 0.2) is 71.7 Å². The average molecular weight is 240 g/mol. The van der Waals surface area contributed by atoms with Crippen molar-refractivity contribution in [1.82, 2.24) is 0 Å². The lowest BCUT2D eigenvalue weighted by Crippen LogP contribution is -1.92. The Kier molecular flexibility index (Phi) is 3.68. The molecule has 0 atom stereocenters. The van der Waals surface area contributed by atoms with Gasteiger partial charge in [0.15, 0.2) is 0 Å². The molecular weight excluding hydrogens is 224 g/mol. The Labute approximate surface area is 107 Å². The molecule has 1 aliphatic carbocycles. The van der Waals surface area contributed by atoms with Gasteiger partial charge in [0.2, 0.25) is 0 Å². The Balaban J connectivity index is 2.24. The summed E-state index contributed by atoms with van der Waals surface area (Å²) in [4.78, 5) is 0. The predicted octanol–water partition coefficient (Wildman–Crippen LogP) is 4.30. The van der Waals surface area contributed by atoms with E-state index in [0.717, 1.165) is 16.7 Å². The van der Waals surface area contributed by atoms with Gasteiger partial charge in [-0.15, -0.1) is 0 Å². The molecule has 0 fully saturated rings. The number of benzene rings is 1. The summed E-state index contributed by atoms with van der Waals surface area (Å²) >= 11 is 0. The highest BCUT2D eigenvalue weighted by Crippen LogP contribution is 2.21. The van der Waals surface area contributed by atoms with Gasteiger partial charge >= 0.3 is 0 Å². The Morgan fingerprint density at radius 3 is 2.50 bits per heavy atom. The van der Waals surface area contributed by atoms with E-state index >= 15 is 0 Å². The summed E-state index contributed by atoms with van der Waals surface area (Å²) in [6.45, 7) is 1.96. The van der Waals surface area contributed by atoms with Crippen LogP contribution in [-0.2, 0) is 0 Å². The zero-order chi connectivity index (χ0) is 13.0. The fraction of sp³-hybridized carbons (Fsp3) is 0.125. The van der Waals surface area contributed by atoms with E-state index in [2.05, 4.69) is 0 Å². The summed E-state index contributed by atoms with van der Waals surface area (Å²) in [5.41, 5.74) is 2.90. The van der Waals surface area contributed by atoms with E-state index in [9.17, 15) is 10.2 Å². The summed E-state index contributed by atoms with van der Waals surface area (Å²) in [7, 11) is 0. The van der Waals surface area contributed by atoms with Crippen LogP contribution in [0.5, 0.6) is 0 Å². The largest absolute Gasteiger partial charge is 0.508 e. The van der Waals surface area contributed by atoms with E-state index in [1.165, 1.54) is 0 Å². The number of rotatable bonds is 2. The third-order valence-corrected chi connectivity index (χ3v) is 2.90. The molecule has 1 aromatic carbocycles. The SMILES string of the molecule is C/C(=C\C(O)=C1\C=CC(O)=CC1)c1ccccc1. The first-order valence-corrected chi connectivity index (χ1v) is 5.90. The van der Waals surface area contributed by atoms with Gasteiger partial charge in [-0.3, -0.25) is 0 Å². The summed E-state index contributed by atoms with van der Waals surface area (Å²) in [6, 6.07) is 9.92.